The Morgan fingerprint density at radius 2 is 0.611 bits per heavy atom. The van der Waals surface area contributed by atoms with Gasteiger partial charge in [0.25, 0.3) is 0 Å². The van der Waals surface area contributed by atoms with Crippen molar-refractivity contribution in [3.8, 4) is 0 Å². The number of carbonyl (C=O) groups excluding carboxylic acids is 1. The number of unbranched alkanes of at least 4 members (excludes halogenated alkanes) is 39. The van der Waals surface area contributed by atoms with Crippen molar-refractivity contribution in [2.75, 3.05) is 6.61 Å². The summed E-state index contributed by atoms with van der Waals surface area (Å²) in [5.74, 6) is -0.0609. The first kappa shape index (κ1) is 69.6. The van der Waals surface area contributed by atoms with E-state index in [1.54, 1.807) is 6.08 Å². The summed E-state index contributed by atoms with van der Waals surface area (Å²) in [5, 5.41) is 23.2. The number of allylic oxidation sites excluding steroid dienone is 13. The van der Waals surface area contributed by atoms with Crippen LogP contribution in [-0.2, 0) is 4.79 Å². The normalized spacial score (nSPS) is 13.3. The van der Waals surface area contributed by atoms with Crippen molar-refractivity contribution in [2.24, 2.45) is 0 Å². The molecule has 2 atom stereocenters. The maximum Gasteiger partial charge on any atom is 0.220 e. The van der Waals surface area contributed by atoms with E-state index in [-0.39, 0.29) is 12.5 Å². The Morgan fingerprint density at radius 3 is 0.917 bits per heavy atom. The van der Waals surface area contributed by atoms with Crippen molar-refractivity contribution in [1.29, 1.82) is 0 Å². The molecule has 0 saturated carbocycles. The van der Waals surface area contributed by atoms with Crippen LogP contribution in [0.5, 0.6) is 0 Å². The van der Waals surface area contributed by atoms with Gasteiger partial charge in [0.15, 0.2) is 0 Å². The molecule has 0 heterocycles. The van der Waals surface area contributed by atoms with Gasteiger partial charge in [-0.2, -0.15) is 0 Å². The Bertz CT molecular complexity index is 1270. The van der Waals surface area contributed by atoms with Gasteiger partial charge in [-0.1, -0.05) is 330 Å². The molecular formula is C68H123NO3. The second kappa shape index (κ2) is 62.9. The number of rotatable bonds is 58. The summed E-state index contributed by atoms with van der Waals surface area (Å²) in [4.78, 5) is 12.5. The Hall–Kier alpha value is -2.43. The van der Waals surface area contributed by atoms with Gasteiger partial charge in [-0.05, 0) is 70.6 Å². The first-order valence-electron chi connectivity index (χ1n) is 31.8. The first-order valence-corrected chi connectivity index (χ1v) is 31.8. The van der Waals surface area contributed by atoms with Crippen LogP contribution in [0.1, 0.15) is 322 Å². The molecule has 0 aromatic carbocycles. The fourth-order valence-electron chi connectivity index (χ4n) is 9.60. The summed E-state index contributed by atoms with van der Waals surface area (Å²) in [5.41, 5.74) is 0. The number of nitrogens with one attached hydrogen (secondary N) is 1. The molecule has 2 unspecified atom stereocenters. The monoisotopic (exact) mass is 1000 g/mol. The molecule has 0 fully saturated rings. The number of carbonyl (C=O) groups is 1. The van der Waals surface area contributed by atoms with E-state index in [1.807, 2.05) is 6.08 Å². The van der Waals surface area contributed by atoms with Crippen LogP contribution >= 0.6 is 0 Å². The molecule has 0 spiro atoms. The van der Waals surface area contributed by atoms with Crippen LogP contribution in [-0.4, -0.2) is 34.9 Å². The van der Waals surface area contributed by atoms with E-state index in [0.29, 0.717) is 6.42 Å². The molecule has 72 heavy (non-hydrogen) atoms. The van der Waals surface area contributed by atoms with Crippen molar-refractivity contribution >= 4 is 5.91 Å². The molecule has 0 rings (SSSR count). The number of amides is 1. The molecule has 4 nitrogen and oxygen atoms in total. The van der Waals surface area contributed by atoms with E-state index in [9.17, 15) is 15.0 Å². The smallest absolute Gasteiger partial charge is 0.220 e. The Kier molecular flexibility index (Phi) is 60.7. The molecule has 0 aromatic heterocycles. The summed E-state index contributed by atoms with van der Waals surface area (Å²) in [7, 11) is 0. The van der Waals surface area contributed by atoms with Crippen LogP contribution in [0.2, 0.25) is 0 Å². The zero-order chi connectivity index (χ0) is 52.0. The van der Waals surface area contributed by atoms with Crippen LogP contribution in [0.3, 0.4) is 0 Å². The number of hydrogen-bond donors (Lipinski definition) is 3. The van der Waals surface area contributed by atoms with E-state index in [4.69, 9.17) is 0 Å². The molecular weight excluding hydrogens is 879 g/mol. The second-order valence-corrected chi connectivity index (χ2v) is 21.5. The summed E-state index contributed by atoms with van der Waals surface area (Å²) in [6.07, 6.45) is 92.0. The standard InChI is InChI=1S/C68H123NO3/c1-3-5-7-9-11-13-15-17-19-21-23-25-27-28-29-30-31-32-33-34-35-36-37-38-39-40-42-44-46-48-50-52-54-56-58-60-62-64-68(72)69-66(65-70)67(71)63-61-59-57-55-53-51-49-47-45-43-41-26-24-22-20-18-16-14-12-10-8-6-4-2/h5,7,11,13,17,19,23,25,28-29,31-32,61,63,66-67,70-71H,3-4,6,8-10,12,14-16,18,20-22,24,26-27,30,33-60,62,64-65H2,1-2H3,(H,69,72)/b7-5-,13-11-,19-17-,25-23-,29-28-,32-31-,63-61+. The zero-order valence-electron chi connectivity index (χ0n) is 48.2. The van der Waals surface area contributed by atoms with Crippen molar-refractivity contribution in [3.05, 3.63) is 85.1 Å². The quantitative estimate of drug-likeness (QED) is 0.0420. The molecule has 0 aliphatic rings. The fraction of sp³-hybridized carbons (Fsp3) is 0.779. The first-order chi connectivity index (χ1) is 35.7. The average Bonchev–Trinajstić information content (AvgIpc) is 3.39. The fourth-order valence-corrected chi connectivity index (χ4v) is 9.60. The van der Waals surface area contributed by atoms with Gasteiger partial charge in [0.1, 0.15) is 0 Å². The van der Waals surface area contributed by atoms with E-state index < -0.39 is 12.1 Å². The average molecular weight is 1000 g/mol. The van der Waals surface area contributed by atoms with Crippen LogP contribution in [0, 0.1) is 0 Å². The van der Waals surface area contributed by atoms with Crippen molar-refractivity contribution in [2.45, 2.75) is 334 Å². The summed E-state index contributed by atoms with van der Waals surface area (Å²) < 4.78 is 0. The highest BCUT2D eigenvalue weighted by Gasteiger charge is 2.18. The lowest BCUT2D eigenvalue weighted by atomic mass is 10.0. The predicted molar refractivity (Wildman–Crippen MR) is 322 cm³/mol. The van der Waals surface area contributed by atoms with Gasteiger partial charge < -0.3 is 15.5 Å². The number of hydrogen-bond acceptors (Lipinski definition) is 3. The van der Waals surface area contributed by atoms with E-state index >= 15 is 0 Å². The minimum atomic E-state index is -0.842. The number of aliphatic hydroxyl groups is 2. The molecule has 0 radical (unpaired) electrons. The Balaban J connectivity index is 3.48. The Morgan fingerprint density at radius 1 is 0.347 bits per heavy atom. The maximum absolute atomic E-state index is 12.5. The predicted octanol–water partition coefficient (Wildman–Crippen LogP) is 21.5. The van der Waals surface area contributed by atoms with Crippen LogP contribution in [0.25, 0.3) is 0 Å². The van der Waals surface area contributed by atoms with Crippen LogP contribution < -0.4 is 5.32 Å². The van der Waals surface area contributed by atoms with Crippen molar-refractivity contribution in [3.63, 3.8) is 0 Å². The second-order valence-electron chi connectivity index (χ2n) is 21.5. The number of aliphatic hydroxyl groups excluding tert-OH is 2. The minimum Gasteiger partial charge on any atom is -0.394 e. The van der Waals surface area contributed by atoms with Crippen LogP contribution in [0.15, 0.2) is 85.1 Å². The summed E-state index contributed by atoms with van der Waals surface area (Å²) >= 11 is 0. The molecule has 3 N–H and O–H groups in total. The lowest BCUT2D eigenvalue weighted by molar-refractivity contribution is -0.123. The molecule has 4 heteroatoms. The third-order valence-electron chi connectivity index (χ3n) is 14.4. The van der Waals surface area contributed by atoms with Crippen molar-refractivity contribution < 1.29 is 15.0 Å². The Labute approximate surface area is 450 Å². The summed E-state index contributed by atoms with van der Waals surface area (Å²) in [6, 6.07) is -0.626. The largest absolute Gasteiger partial charge is 0.394 e. The van der Waals surface area contributed by atoms with Gasteiger partial charge in [0.2, 0.25) is 5.91 Å². The van der Waals surface area contributed by atoms with Gasteiger partial charge >= 0.3 is 0 Å². The van der Waals surface area contributed by atoms with Crippen molar-refractivity contribution in [1.82, 2.24) is 5.32 Å². The van der Waals surface area contributed by atoms with Gasteiger partial charge in [-0.3, -0.25) is 4.79 Å². The molecule has 1 amide bonds. The topological polar surface area (TPSA) is 69.6 Å². The highest BCUT2D eigenvalue weighted by atomic mass is 16.3. The van der Waals surface area contributed by atoms with Crippen LogP contribution in [0.4, 0.5) is 0 Å². The van der Waals surface area contributed by atoms with E-state index in [2.05, 4.69) is 92.1 Å². The van der Waals surface area contributed by atoms with Gasteiger partial charge in [-0.25, -0.2) is 0 Å². The molecule has 0 aliphatic heterocycles. The summed E-state index contributed by atoms with van der Waals surface area (Å²) in [6.45, 7) is 4.22. The third-order valence-corrected chi connectivity index (χ3v) is 14.4. The highest BCUT2D eigenvalue weighted by molar-refractivity contribution is 5.76. The lowest BCUT2D eigenvalue weighted by Gasteiger charge is -2.20. The lowest BCUT2D eigenvalue weighted by Crippen LogP contribution is -2.45. The molecule has 0 bridgehead atoms. The minimum absolute atomic E-state index is 0.0609. The van der Waals surface area contributed by atoms with E-state index in [1.165, 1.54) is 238 Å². The van der Waals surface area contributed by atoms with E-state index in [0.717, 1.165) is 64.2 Å². The SMILES string of the molecule is CC/C=C\C/C=C\C/C=C\C/C=C\C/C=C\C/C=C\CCCCCCCCCCCCCCCCCCCCC(=O)NC(CO)C(O)/C=C/CCCCCCCCCCCCCCCCCCCCCCC. The zero-order valence-corrected chi connectivity index (χ0v) is 48.2. The van der Waals surface area contributed by atoms with Gasteiger partial charge in [-0.15, -0.1) is 0 Å². The third kappa shape index (κ3) is 58.5. The molecule has 0 aromatic rings. The van der Waals surface area contributed by atoms with Gasteiger partial charge in [0, 0.05) is 6.42 Å². The highest BCUT2D eigenvalue weighted by Crippen LogP contribution is 2.18. The molecule has 418 valence electrons. The maximum atomic E-state index is 12.5. The molecule has 0 saturated heterocycles. The molecule has 0 aliphatic carbocycles. The van der Waals surface area contributed by atoms with Gasteiger partial charge in [0.05, 0.1) is 18.8 Å².